The van der Waals surface area contributed by atoms with Crippen LogP contribution in [0.1, 0.15) is 25.0 Å². The third-order valence-corrected chi connectivity index (χ3v) is 3.05. The summed E-state index contributed by atoms with van der Waals surface area (Å²) in [5.41, 5.74) is 0.268. The van der Waals surface area contributed by atoms with E-state index in [0.717, 1.165) is 24.3 Å². The van der Waals surface area contributed by atoms with E-state index in [2.05, 4.69) is 5.32 Å². The molecule has 0 saturated carbocycles. The number of likely N-dealkylation sites (N-methyl/N-ethyl adjacent to an activating group) is 1. The number of fused-ring (bicyclic) bond motifs is 1. The first kappa shape index (κ1) is 13.1. The van der Waals surface area contributed by atoms with Crippen molar-refractivity contribution in [2.45, 2.75) is 25.9 Å². The van der Waals surface area contributed by atoms with Crippen molar-refractivity contribution in [3.8, 4) is 11.5 Å². The average molecular weight is 253 g/mol. The average Bonchev–Trinajstić information content (AvgIpc) is 2.34. The molecule has 0 unspecified atom stereocenters. The van der Waals surface area contributed by atoms with Crippen LogP contribution in [0.25, 0.3) is 0 Å². The minimum atomic E-state index is -1.37. The molecule has 1 heterocycles. The summed E-state index contributed by atoms with van der Waals surface area (Å²) < 4.78 is 25.3. The number of rotatable bonds is 4. The molecule has 0 amide bonds. The number of alkyl halides is 1. The van der Waals surface area contributed by atoms with Gasteiger partial charge < -0.3 is 14.8 Å². The monoisotopic (exact) mass is 253 g/mol. The fourth-order valence-corrected chi connectivity index (χ4v) is 2.01. The molecule has 1 aromatic rings. The van der Waals surface area contributed by atoms with Gasteiger partial charge in [-0.25, -0.2) is 4.39 Å². The summed E-state index contributed by atoms with van der Waals surface area (Å²) in [6, 6.07) is 3.63. The van der Waals surface area contributed by atoms with Crippen molar-refractivity contribution in [1.29, 1.82) is 0 Å². The van der Waals surface area contributed by atoms with Crippen LogP contribution in [0.4, 0.5) is 4.39 Å². The van der Waals surface area contributed by atoms with Gasteiger partial charge in [-0.3, -0.25) is 0 Å². The highest BCUT2D eigenvalue weighted by molar-refractivity contribution is 5.51. The Labute approximate surface area is 107 Å². The smallest absolute Gasteiger partial charge is 0.164 e. The fourth-order valence-electron chi connectivity index (χ4n) is 2.01. The van der Waals surface area contributed by atoms with E-state index in [0.29, 0.717) is 24.5 Å². The van der Waals surface area contributed by atoms with Crippen molar-refractivity contribution in [1.82, 2.24) is 5.32 Å². The van der Waals surface area contributed by atoms with Crippen LogP contribution in [0, 0.1) is 0 Å². The Kier molecular flexibility index (Phi) is 3.76. The zero-order chi connectivity index (χ0) is 13.2. The van der Waals surface area contributed by atoms with E-state index >= 15 is 0 Å². The van der Waals surface area contributed by atoms with Gasteiger partial charge in [0.2, 0.25) is 0 Å². The van der Waals surface area contributed by atoms with Crippen LogP contribution in [0.3, 0.4) is 0 Å². The molecular formula is C14H20FNO2. The zero-order valence-corrected chi connectivity index (χ0v) is 11.2. The lowest BCUT2D eigenvalue weighted by Gasteiger charge is -2.24. The largest absolute Gasteiger partial charge is 0.486 e. The lowest BCUT2D eigenvalue weighted by Crippen LogP contribution is -2.20. The minimum Gasteiger partial charge on any atom is -0.486 e. The van der Waals surface area contributed by atoms with E-state index in [1.165, 1.54) is 0 Å². The van der Waals surface area contributed by atoms with Crippen LogP contribution < -0.4 is 14.8 Å². The molecule has 0 bridgehead atoms. The molecular weight excluding hydrogens is 233 g/mol. The van der Waals surface area contributed by atoms with E-state index in [1.54, 1.807) is 19.9 Å². The topological polar surface area (TPSA) is 30.5 Å². The number of hydrogen-bond acceptors (Lipinski definition) is 3. The number of benzene rings is 1. The van der Waals surface area contributed by atoms with Crippen molar-refractivity contribution in [3.63, 3.8) is 0 Å². The van der Waals surface area contributed by atoms with E-state index < -0.39 is 5.67 Å². The van der Waals surface area contributed by atoms with Crippen molar-refractivity contribution in [3.05, 3.63) is 23.3 Å². The van der Waals surface area contributed by atoms with Gasteiger partial charge in [0.15, 0.2) is 11.5 Å². The predicted molar refractivity (Wildman–Crippen MR) is 69.2 cm³/mol. The minimum absolute atomic E-state index is 0.522. The maximum absolute atomic E-state index is 14.1. The molecule has 18 heavy (non-hydrogen) atoms. The van der Waals surface area contributed by atoms with Gasteiger partial charge >= 0.3 is 0 Å². The second-order valence-electron chi connectivity index (χ2n) is 4.99. The lowest BCUT2D eigenvalue weighted by molar-refractivity contribution is 0.167. The standard InChI is InChI=1S/C14H20FNO2/c1-14(2,15)11-8-10(4-5-16-3)13-12(9-11)17-6-7-18-13/h8-9,16H,4-7H2,1-3H3. The Hall–Kier alpha value is -1.29. The van der Waals surface area contributed by atoms with Gasteiger partial charge in [-0.15, -0.1) is 0 Å². The van der Waals surface area contributed by atoms with Gasteiger partial charge in [-0.05, 0) is 57.1 Å². The van der Waals surface area contributed by atoms with Gasteiger partial charge in [0.25, 0.3) is 0 Å². The molecule has 0 fully saturated rings. The van der Waals surface area contributed by atoms with E-state index in [1.807, 2.05) is 13.1 Å². The Morgan fingerprint density at radius 1 is 1.28 bits per heavy atom. The van der Waals surface area contributed by atoms with Gasteiger partial charge in [0.05, 0.1) is 0 Å². The van der Waals surface area contributed by atoms with Gasteiger partial charge in [0.1, 0.15) is 18.9 Å². The summed E-state index contributed by atoms with van der Waals surface area (Å²) in [5.74, 6) is 1.43. The molecule has 4 heteroatoms. The van der Waals surface area contributed by atoms with Crippen molar-refractivity contribution in [2.75, 3.05) is 26.8 Å². The summed E-state index contributed by atoms with van der Waals surface area (Å²) >= 11 is 0. The molecule has 1 N–H and O–H groups in total. The molecule has 2 rings (SSSR count). The number of hydrogen-bond donors (Lipinski definition) is 1. The van der Waals surface area contributed by atoms with E-state index in [-0.39, 0.29) is 0 Å². The number of halogens is 1. The highest BCUT2D eigenvalue weighted by Gasteiger charge is 2.25. The summed E-state index contributed by atoms with van der Waals surface area (Å²) in [6.07, 6.45) is 0.798. The van der Waals surface area contributed by atoms with Crippen molar-refractivity contribution < 1.29 is 13.9 Å². The first-order chi connectivity index (χ1) is 8.52. The molecule has 1 aromatic carbocycles. The Bertz CT molecular complexity index is 427. The Balaban J connectivity index is 2.41. The van der Waals surface area contributed by atoms with Crippen LogP contribution in [0.15, 0.2) is 12.1 Å². The fraction of sp³-hybridized carbons (Fsp3) is 0.571. The normalized spacial score (nSPS) is 14.7. The highest BCUT2D eigenvalue weighted by Crippen LogP contribution is 2.39. The third-order valence-electron chi connectivity index (χ3n) is 3.05. The molecule has 1 aliphatic rings. The first-order valence-corrected chi connectivity index (χ1v) is 6.29. The molecule has 0 radical (unpaired) electrons. The molecule has 0 spiro atoms. The van der Waals surface area contributed by atoms with Crippen LogP contribution in [0.5, 0.6) is 11.5 Å². The summed E-state index contributed by atoms with van der Waals surface area (Å²) in [7, 11) is 1.90. The van der Waals surface area contributed by atoms with E-state index in [9.17, 15) is 4.39 Å². The summed E-state index contributed by atoms with van der Waals surface area (Å²) in [5, 5.41) is 3.09. The quantitative estimate of drug-likeness (QED) is 0.894. The molecule has 0 atom stereocenters. The highest BCUT2D eigenvalue weighted by atomic mass is 19.1. The second kappa shape index (κ2) is 5.14. The molecule has 1 aliphatic heterocycles. The SMILES string of the molecule is CNCCc1cc(C(C)(C)F)cc2c1OCCO2. The number of ether oxygens (including phenoxy) is 2. The van der Waals surface area contributed by atoms with Crippen molar-refractivity contribution >= 4 is 0 Å². The summed E-state index contributed by atoms with van der Waals surface area (Å²) in [4.78, 5) is 0. The molecule has 0 saturated heterocycles. The Morgan fingerprint density at radius 3 is 2.67 bits per heavy atom. The second-order valence-corrected chi connectivity index (χ2v) is 4.99. The van der Waals surface area contributed by atoms with E-state index in [4.69, 9.17) is 9.47 Å². The van der Waals surface area contributed by atoms with Crippen LogP contribution in [0.2, 0.25) is 0 Å². The maximum atomic E-state index is 14.1. The van der Waals surface area contributed by atoms with Gasteiger partial charge in [0, 0.05) is 0 Å². The maximum Gasteiger partial charge on any atom is 0.164 e. The molecule has 0 aromatic heterocycles. The number of nitrogens with one attached hydrogen (secondary N) is 1. The van der Waals surface area contributed by atoms with Crippen LogP contribution >= 0.6 is 0 Å². The molecule has 3 nitrogen and oxygen atoms in total. The third kappa shape index (κ3) is 2.75. The molecule has 100 valence electrons. The predicted octanol–water partition coefficient (Wildman–Crippen LogP) is 2.42. The first-order valence-electron chi connectivity index (χ1n) is 6.29. The van der Waals surface area contributed by atoms with Gasteiger partial charge in [-0.2, -0.15) is 0 Å². The van der Waals surface area contributed by atoms with Gasteiger partial charge in [-0.1, -0.05) is 0 Å². The zero-order valence-electron chi connectivity index (χ0n) is 11.2. The van der Waals surface area contributed by atoms with Crippen molar-refractivity contribution in [2.24, 2.45) is 0 Å². The summed E-state index contributed by atoms with van der Waals surface area (Å²) in [6.45, 7) is 5.01. The Morgan fingerprint density at radius 2 is 2.00 bits per heavy atom. The molecule has 0 aliphatic carbocycles. The van der Waals surface area contributed by atoms with Crippen LogP contribution in [-0.4, -0.2) is 26.8 Å². The van der Waals surface area contributed by atoms with Crippen LogP contribution in [-0.2, 0) is 12.1 Å². The lowest BCUT2D eigenvalue weighted by atomic mass is 9.95.